The normalized spacial score (nSPS) is 11.5. The SMILES string of the molecule is Cc1c(CNC(C)(CO)CO)cc(C#N)n1C. The summed E-state index contributed by atoms with van der Waals surface area (Å²) in [6.45, 7) is 3.92. The molecule has 1 rings (SSSR count). The van der Waals surface area contributed by atoms with Crippen LogP contribution in [0.25, 0.3) is 0 Å². The molecule has 0 saturated carbocycles. The Morgan fingerprint density at radius 2 is 2.06 bits per heavy atom. The number of nitrogens with zero attached hydrogens (tertiary/aromatic N) is 2. The molecule has 3 N–H and O–H groups in total. The van der Waals surface area contributed by atoms with Crippen molar-refractivity contribution in [3.05, 3.63) is 23.0 Å². The number of aromatic nitrogens is 1. The Morgan fingerprint density at radius 3 is 2.47 bits per heavy atom. The molecular formula is C12H19N3O2. The molecule has 0 aliphatic heterocycles. The monoisotopic (exact) mass is 237 g/mol. The van der Waals surface area contributed by atoms with Crippen LogP contribution in [-0.4, -0.2) is 33.5 Å². The van der Waals surface area contributed by atoms with Gasteiger partial charge in [0.25, 0.3) is 0 Å². The Morgan fingerprint density at radius 1 is 1.47 bits per heavy atom. The van der Waals surface area contributed by atoms with Crippen LogP contribution in [0, 0.1) is 18.3 Å². The van der Waals surface area contributed by atoms with Gasteiger partial charge in [0.05, 0.1) is 18.8 Å². The molecule has 0 unspecified atom stereocenters. The number of hydrogen-bond donors (Lipinski definition) is 3. The number of nitriles is 1. The fourth-order valence-electron chi connectivity index (χ4n) is 1.52. The van der Waals surface area contributed by atoms with E-state index in [0.29, 0.717) is 12.2 Å². The van der Waals surface area contributed by atoms with Gasteiger partial charge in [-0.1, -0.05) is 0 Å². The second-order valence-corrected chi connectivity index (χ2v) is 4.54. The molecule has 0 amide bonds. The fourth-order valence-corrected chi connectivity index (χ4v) is 1.52. The van der Waals surface area contributed by atoms with Crippen LogP contribution in [0.15, 0.2) is 6.07 Å². The molecule has 5 heteroatoms. The van der Waals surface area contributed by atoms with Gasteiger partial charge in [-0.05, 0) is 25.5 Å². The minimum atomic E-state index is -0.699. The Balaban J connectivity index is 2.80. The summed E-state index contributed by atoms with van der Waals surface area (Å²) < 4.78 is 1.83. The molecule has 1 aromatic heterocycles. The Labute approximate surface area is 101 Å². The number of hydrogen-bond acceptors (Lipinski definition) is 4. The van der Waals surface area contributed by atoms with Crippen LogP contribution in [0.2, 0.25) is 0 Å². The molecule has 0 fully saturated rings. The van der Waals surface area contributed by atoms with Crippen molar-refractivity contribution in [1.82, 2.24) is 9.88 Å². The van der Waals surface area contributed by atoms with Gasteiger partial charge in [0.1, 0.15) is 11.8 Å². The van der Waals surface area contributed by atoms with Crippen LogP contribution < -0.4 is 5.32 Å². The maximum Gasteiger partial charge on any atom is 0.120 e. The van der Waals surface area contributed by atoms with Gasteiger partial charge in [-0.3, -0.25) is 0 Å². The standard InChI is InChI=1S/C12H19N3O2/c1-9-10(4-11(5-13)15(9)3)6-14-12(2,7-16)8-17/h4,14,16-17H,6-8H2,1-3H3. The highest BCUT2D eigenvalue weighted by Crippen LogP contribution is 2.14. The first-order valence-electron chi connectivity index (χ1n) is 5.49. The second-order valence-electron chi connectivity index (χ2n) is 4.54. The third-order valence-electron chi connectivity index (χ3n) is 3.16. The van der Waals surface area contributed by atoms with Crippen LogP contribution in [-0.2, 0) is 13.6 Å². The first-order valence-corrected chi connectivity index (χ1v) is 5.49. The molecule has 0 aliphatic carbocycles. The van der Waals surface area contributed by atoms with Crippen molar-refractivity contribution in [2.75, 3.05) is 13.2 Å². The lowest BCUT2D eigenvalue weighted by atomic mass is 10.0. The molecule has 0 saturated heterocycles. The van der Waals surface area contributed by atoms with Gasteiger partial charge in [-0.25, -0.2) is 0 Å². The molecule has 5 nitrogen and oxygen atoms in total. The largest absolute Gasteiger partial charge is 0.394 e. The van der Waals surface area contributed by atoms with Gasteiger partial charge in [0.2, 0.25) is 0 Å². The highest BCUT2D eigenvalue weighted by atomic mass is 16.3. The van der Waals surface area contributed by atoms with Gasteiger partial charge in [0.15, 0.2) is 0 Å². The second kappa shape index (κ2) is 5.32. The lowest BCUT2D eigenvalue weighted by molar-refractivity contribution is 0.103. The van der Waals surface area contributed by atoms with Crippen molar-refractivity contribution < 1.29 is 10.2 Å². The average molecular weight is 237 g/mol. The third-order valence-corrected chi connectivity index (χ3v) is 3.16. The van der Waals surface area contributed by atoms with Crippen molar-refractivity contribution >= 4 is 0 Å². The van der Waals surface area contributed by atoms with E-state index in [1.807, 2.05) is 24.6 Å². The highest BCUT2D eigenvalue weighted by Gasteiger charge is 2.22. The quantitative estimate of drug-likeness (QED) is 0.675. The number of aliphatic hydroxyl groups is 2. The molecule has 1 heterocycles. The Hall–Kier alpha value is -1.35. The van der Waals surface area contributed by atoms with Gasteiger partial charge in [0, 0.05) is 19.3 Å². The zero-order chi connectivity index (χ0) is 13.1. The zero-order valence-corrected chi connectivity index (χ0v) is 10.5. The molecule has 0 spiro atoms. The summed E-state index contributed by atoms with van der Waals surface area (Å²) in [5.74, 6) is 0. The summed E-state index contributed by atoms with van der Waals surface area (Å²) in [5, 5.41) is 30.3. The summed E-state index contributed by atoms with van der Waals surface area (Å²) in [5.41, 5.74) is 1.91. The molecule has 0 aliphatic rings. The van der Waals surface area contributed by atoms with E-state index in [2.05, 4.69) is 11.4 Å². The lowest BCUT2D eigenvalue weighted by Gasteiger charge is -2.26. The maximum atomic E-state index is 9.16. The molecule has 94 valence electrons. The Kier molecular flexibility index (Phi) is 4.29. The van der Waals surface area contributed by atoms with Gasteiger partial charge in [-0.2, -0.15) is 5.26 Å². The van der Waals surface area contributed by atoms with Crippen molar-refractivity contribution in [2.45, 2.75) is 25.9 Å². The summed E-state index contributed by atoms with van der Waals surface area (Å²) in [6, 6.07) is 3.93. The van der Waals surface area contributed by atoms with E-state index in [1.54, 1.807) is 6.92 Å². The Bertz CT molecular complexity index is 428. The van der Waals surface area contributed by atoms with Crippen molar-refractivity contribution in [2.24, 2.45) is 7.05 Å². The molecule has 1 aromatic rings. The maximum absolute atomic E-state index is 9.16. The van der Waals surface area contributed by atoms with Crippen molar-refractivity contribution in [1.29, 1.82) is 5.26 Å². The minimum absolute atomic E-state index is 0.138. The minimum Gasteiger partial charge on any atom is -0.394 e. The predicted octanol–water partition coefficient (Wildman–Crippen LogP) is 0.0381. The van der Waals surface area contributed by atoms with Crippen molar-refractivity contribution in [3.63, 3.8) is 0 Å². The van der Waals surface area contributed by atoms with E-state index in [9.17, 15) is 0 Å². The van der Waals surface area contributed by atoms with Crippen LogP contribution in [0.3, 0.4) is 0 Å². The fraction of sp³-hybridized carbons (Fsp3) is 0.583. The summed E-state index contributed by atoms with van der Waals surface area (Å²) >= 11 is 0. The van der Waals surface area contributed by atoms with Crippen molar-refractivity contribution in [3.8, 4) is 6.07 Å². The van der Waals surface area contributed by atoms with E-state index in [-0.39, 0.29) is 13.2 Å². The van der Waals surface area contributed by atoms with Crippen LogP contribution in [0.1, 0.15) is 23.9 Å². The van der Waals surface area contributed by atoms with Gasteiger partial charge >= 0.3 is 0 Å². The smallest absolute Gasteiger partial charge is 0.120 e. The van der Waals surface area contributed by atoms with E-state index >= 15 is 0 Å². The first-order chi connectivity index (χ1) is 7.97. The van der Waals surface area contributed by atoms with E-state index in [0.717, 1.165) is 11.3 Å². The number of aliphatic hydroxyl groups excluding tert-OH is 2. The van der Waals surface area contributed by atoms with E-state index in [1.165, 1.54) is 0 Å². The molecule has 0 aromatic carbocycles. The van der Waals surface area contributed by atoms with E-state index < -0.39 is 5.54 Å². The van der Waals surface area contributed by atoms with Gasteiger partial charge < -0.3 is 20.1 Å². The summed E-state index contributed by atoms with van der Waals surface area (Å²) in [7, 11) is 1.84. The molecule has 0 bridgehead atoms. The topological polar surface area (TPSA) is 81.2 Å². The number of rotatable bonds is 5. The predicted molar refractivity (Wildman–Crippen MR) is 64.3 cm³/mol. The lowest BCUT2D eigenvalue weighted by Crippen LogP contribution is -2.48. The average Bonchev–Trinajstić information content (AvgIpc) is 2.63. The van der Waals surface area contributed by atoms with Gasteiger partial charge in [-0.15, -0.1) is 0 Å². The molecule has 17 heavy (non-hydrogen) atoms. The third kappa shape index (κ3) is 2.86. The first kappa shape index (κ1) is 13.7. The summed E-state index contributed by atoms with van der Waals surface area (Å²) in [6.07, 6.45) is 0. The summed E-state index contributed by atoms with van der Waals surface area (Å²) in [4.78, 5) is 0. The molecular weight excluding hydrogens is 218 g/mol. The zero-order valence-electron chi connectivity index (χ0n) is 10.5. The van der Waals surface area contributed by atoms with E-state index in [4.69, 9.17) is 15.5 Å². The molecule has 0 atom stereocenters. The van der Waals surface area contributed by atoms with Crippen LogP contribution in [0.4, 0.5) is 0 Å². The highest BCUT2D eigenvalue weighted by molar-refractivity contribution is 5.34. The van der Waals surface area contributed by atoms with Crippen LogP contribution in [0.5, 0.6) is 0 Å². The molecule has 0 radical (unpaired) electrons. The number of nitrogens with one attached hydrogen (secondary N) is 1. The van der Waals surface area contributed by atoms with Crippen LogP contribution >= 0.6 is 0 Å².